The molecule has 2 unspecified atom stereocenters. The number of sulfonamides is 1. The van der Waals surface area contributed by atoms with E-state index in [4.69, 9.17) is 18.0 Å². The quantitative estimate of drug-likeness (QED) is 0.815. The molecule has 0 aromatic carbocycles. The molecule has 2 rings (SSSR count). The van der Waals surface area contributed by atoms with E-state index in [0.29, 0.717) is 9.20 Å². The van der Waals surface area contributed by atoms with E-state index in [9.17, 15) is 8.42 Å². The summed E-state index contributed by atoms with van der Waals surface area (Å²) in [6.07, 6.45) is 3.47. The number of rotatable bonds is 5. The van der Waals surface area contributed by atoms with Gasteiger partial charge in [0.1, 0.15) is 4.21 Å². The minimum atomic E-state index is -3.45. The molecule has 2 atom stereocenters. The molecule has 1 heterocycles. The number of hydrogen-bond acceptors (Lipinski definition) is 4. The molecular weight excluding hydrogens is 300 g/mol. The van der Waals surface area contributed by atoms with Crippen LogP contribution >= 0.6 is 23.6 Å². The number of thiophene rings is 1. The van der Waals surface area contributed by atoms with Crippen molar-refractivity contribution in [2.45, 2.75) is 42.9 Å². The summed E-state index contributed by atoms with van der Waals surface area (Å²) in [5.41, 5.74) is 5.67. The second-order valence-electron chi connectivity index (χ2n) is 4.74. The minimum absolute atomic E-state index is 0.0182. The fourth-order valence-corrected chi connectivity index (χ4v) is 5.30. The summed E-state index contributed by atoms with van der Waals surface area (Å²) >= 11 is 6.32. The summed E-state index contributed by atoms with van der Waals surface area (Å²) in [5.74, 6) is -0.0182. The van der Waals surface area contributed by atoms with Crippen LogP contribution in [0.25, 0.3) is 0 Å². The average Bonchev–Trinajstić information content (AvgIpc) is 2.95. The standard InChI is InChI=1S/C12H18N2O2S3/c1-2-8-6-7-11(18-8)19(15,16)14-10-5-3-4-9(10)12(13)17/h6-7,9-10,14H,2-5H2,1H3,(H2,13,17). The highest BCUT2D eigenvalue weighted by molar-refractivity contribution is 7.91. The zero-order valence-corrected chi connectivity index (χ0v) is 13.2. The molecule has 0 aliphatic heterocycles. The molecule has 4 nitrogen and oxygen atoms in total. The van der Waals surface area contributed by atoms with Gasteiger partial charge in [0, 0.05) is 16.8 Å². The van der Waals surface area contributed by atoms with Gasteiger partial charge in [-0.1, -0.05) is 25.6 Å². The van der Waals surface area contributed by atoms with E-state index in [1.54, 1.807) is 6.07 Å². The molecule has 0 spiro atoms. The monoisotopic (exact) mass is 318 g/mol. The smallest absolute Gasteiger partial charge is 0.250 e. The Morgan fingerprint density at radius 2 is 2.26 bits per heavy atom. The van der Waals surface area contributed by atoms with Crippen LogP contribution in [-0.2, 0) is 16.4 Å². The Hall–Kier alpha value is -0.500. The van der Waals surface area contributed by atoms with E-state index in [0.717, 1.165) is 30.6 Å². The van der Waals surface area contributed by atoms with Gasteiger partial charge >= 0.3 is 0 Å². The van der Waals surface area contributed by atoms with Gasteiger partial charge in [-0.15, -0.1) is 11.3 Å². The topological polar surface area (TPSA) is 72.2 Å². The lowest BCUT2D eigenvalue weighted by Crippen LogP contribution is -2.41. The summed E-state index contributed by atoms with van der Waals surface area (Å²) < 4.78 is 27.7. The van der Waals surface area contributed by atoms with E-state index >= 15 is 0 Å². The third kappa shape index (κ3) is 3.34. The molecule has 19 heavy (non-hydrogen) atoms. The molecule has 0 bridgehead atoms. The van der Waals surface area contributed by atoms with E-state index in [-0.39, 0.29) is 12.0 Å². The van der Waals surface area contributed by atoms with Crippen molar-refractivity contribution < 1.29 is 8.42 Å². The van der Waals surface area contributed by atoms with Gasteiger partial charge in [-0.25, -0.2) is 13.1 Å². The van der Waals surface area contributed by atoms with Gasteiger partial charge in [0.2, 0.25) is 10.0 Å². The first-order valence-electron chi connectivity index (χ1n) is 6.34. The molecule has 1 fully saturated rings. The third-order valence-corrected chi connectivity index (χ3v) is 6.95. The van der Waals surface area contributed by atoms with E-state index < -0.39 is 10.0 Å². The first kappa shape index (κ1) is 14.9. The van der Waals surface area contributed by atoms with Crippen molar-refractivity contribution in [2.24, 2.45) is 11.7 Å². The number of hydrogen-bond donors (Lipinski definition) is 2. The first-order chi connectivity index (χ1) is 8.94. The minimum Gasteiger partial charge on any atom is -0.393 e. The van der Waals surface area contributed by atoms with Gasteiger partial charge < -0.3 is 5.73 Å². The highest BCUT2D eigenvalue weighted by Crippen LogP contribution is 2.29. The van der Waals surface area contributed by atoms with Crippen molar-refractivity contribution in [3.8, 4) is 0 Å². The fourth-order valence-electron chi connectivity index (χ4n) is 2.39. The number of thiocarbonyl (C=S) groups is 1. The van der Waals surface area contributed by atoms with Crippen LogP contribution in [0.3, 0.4) is 0 Å². The maximum atomic E-state index is 12.3. The van der Waals surface area contributed by atoms with Gasteiger partial charge in [-0.05, 0) is 31.4 Å². The van der Waals surface area contributed by atoms with Gasteiger partial charge in [-0.3, -0.25) is 0 Å². The number of aryl methyl sites for hydroxylation is 1. The molecule has 0 amide bonds. The zero-order valence-electron chi connectivity index (χ0n) is 10.8. The molecule has 1 aromatic rings. The Morgan fingerprint density at radius 1 is 1.53 bits per heavy atom. The molecule has 106 valence electrons. The molecule has 1 saturated carbocycles. The lowest BCUT2D eigenvalue weighted by Gasteiger charge is -2.19. The summed E-state index contributed by atoms with van der Waals surface area (Å²) in [4.78, 5) is 1.48. The Bertz CT molecular complexity index is 565. The van der Waals surface area contributed by atoms with Crippen molar-refractivity contribution in [3.63, 3.8) is 0 Å². The average molecular weight is 318 g/mol. The summed E-state index contributed by atoms with van der Waals surface area (Å²) in [5, 5.41) is 0. The van der Waals surface area contributed by atoms with Crippen LogP contribution in [0.5, 0.6) is 0 Å². The molecular formula is C12H18N2O2S3. The Balaban J connectivity index is 2.15. The Kier molecular flexibility index (Phi) is 4.60. The fraction of sp³-hybridized carbons (Fsp3) is 0.583. The van der Waals surface area contributed by atoms with Gasteiger partial charge in [-0.2, -0.15) is 0 Å². The highest BCUT2D eigenvalue weighted by Gasteiger charge is 2.33. The third-order valence-electron chi connectivity index (χ3n) is 3.44. The number of nitrogens with one attached hydrogen (secondary N) is 1. The number of nitrogens with two attached hydrogens (primary N) is 1. The summed E-state index contributed by atoms with van der Waals surface area (Å²) in [6, 6.07) is 3.37. The SMILES string of the molecule is CCc1ccc(S(=O)(=O)NC2CCCC2C(N)=S)s1. The van der Waals surface area contributed by atoms with Crippen molar-refractivity contribution in [1.82, 2.24) is 4.72 Å². The van der Waals surface area contributed by atoms with Crippen molar-refractivity contribution in [2.75, 3.05) is 0 Å². The van der Waals surface area contributed by atoms with Crippen LogP contribution in [0.4, 0.5) is 0 Å². The highest BCUT2D eigenvalue weighted by atomic mass is 32.2. The second kappa shape index (κ2) is 5.87. The van der Waals surface area contributed by atoms with E-state index in [1.807, 2.05) is 13.0 Å². The molecule has 3 N–H and O–H groups in total. The molecule has 0 radical (unpaired) electrons. The van der Waals surface area contributed by atoms with E-state index in [1.165, 1.54) is 11.3 Å². The van der Waals surface area contributed by atoms with Crippen molar-refractivity contribution in [3.05, 3.63) is 17.0 Å². The van der Waals surface area contributed by atoms with Crippen molar-refractivity contribution in [1.29, 1.82) is 0 Å². The van der Waals surface area contributed by atoms with Crippen LogP contribution in [0.15, 0.2) is 16.3 Å². The summed E-state index contributed by atoms with van der Waals surface area (Å²) in [7, 11) is -3.45. The molecule has 1 aliphatic carbocycles. The molecule has 0 saturated heterocycles. The maximum Gasteiger partial charge on any atom is 0.250 e. The summed E-state index contributed by atoms with van der Waals surface area (Å²) in [6.45, 7) is 2.01. The largest absolute Gasteiger partial charge is 0.393 e. The van der Waals surface area contributed by atoms with Gasteiger partial charge in [0.05, 0.1) is 4.99 Å². The molecule has 1 aliphatic rings. The van der Waals surface area contributed by atoms with Gasteiger partial charge in [0.25, 0.3) is 0 Å². The maximum absolute atomic E-state index is 12.3. The molecule has 1 aromatic heterocycles. The van der Waals surface area contributed by atoms with Gasteiger partial charge in [0.15, 0.2) is 0 Å². The van der Waals surface area contributed by atoms with Crippen LogP contribution < -0.4 is 10.5 Å². The predicted octanol–water partition coefficient (Wildman–Crippen LogP) is 2.04. The lowest BCUT2D eigenvalue weighted by molar-refractivity contribution is 0.526. The zero-order chi connectivity index (χ0) is 14.0. The first-order valence-corrected chi connectivity index (χ1v) is 9.05. The Morgan fingerprint density at radius 3 is 2.84 bits per heavy atom. The van der Waals surface area contributed by atoms with E-state index in [2.05, 4.69) is 4.72 Å². The van der Waals surface area contributed by atoms with Crippen molar-refractivity contribution >= 4 is 38.6 Å². The normalized spacial score (nSPS) is 23.6. The van der Waals surface area contributed by atoms with Crippen LogP contribution in [0.2, 0.25) is 0 Å². The Labute approximate surface area is 123 Å². The molecule has 7 heteroatoms. The predicted molar refractivity (Wildman–Crippen MR) is 81.9 cm³/mol. The van der Waals surface area contributed by atoms with Crippen LogP contribution in [0, 0.1) is 5.92 Å². The lowest BCUT2D eigenvalue weighted by atomic mass is 10.1. The van der Waals surface area contributed by atoms with Crippen LogP contribution in [-0.4, -0.2) is 19.4 Å². The second-order valence-corrected chi connectivity index (χ2v) is 8.32. The van der Waals surface area contributed by atoms with Crippen LogP contribution in [0.1, 0.15) is 31.1 Å².